The number of allylic oxidation sites excluding steroid dienone is 1. The van der Waals surface area contributed by atoms with Crippen LogP contribution in [-0.2, 0) is 13.0 Å². The van der Waals surface area contributed by atoms with Crippen molar-refractivity contribution in [1.29, 1.82) is 0 Å². The second-order valence-corrected chi connectivity index (χ2v) is 5.55. The van der Waals surface area contributed by atoms with Crippen LogP contribution in [0.2, 0.25) is 0 Å². The summed E-state index contributed by atoms with van der Waals surface area (Å²) in [5.74, 6) is 0.938. The van der Waals surface area contributed by atoms with Gasteiger partial charge in [-0.15, -0.1) is 0 Å². The zero-order chi connectivity index (χ0) is 13.9. The van der Waals surface area contributed by atoms with Crippen molar-refractivity contribution in [3.63, 3.8) is 0 Å². The Kier molecular flexibility index (Phi) is 3.60. The van der Waals surface area contributed by atoms with E-state index in [1.54, 1.807) is 0 Å². The monoisotopic (exact) mass is 264 g/mol. The molecular formula is C19H20O. The maximum absolute atomic E-state index is 5.92. The van der Waals surface area contributed by atoms with E-state index in [9.17, 15) is 0 Å². The van der Waals surface area contributed by atoms with Crippen molar-refractivity contribution in [2.45, 2.75) is 32.8 Å². The van der Waals surface area contributed by atoms with Crippen LogP contribution < -0.4 is 4.74 Å². The second-order valence-electron chi connectivity index (χ2n) is 5.55. The number of rotatable bonds is 3. The molecule has 0 aromatic heterocycles. The number of hydrogen-bond donors (Lipinski definition) is 0. The molecule has 0 amide bonds. The number of benzene rings is 2. The fourth-order valence-corrected chi connectivity index (χ4v) is 2.79. The lowest BCUT2D eigenvalue weighted by atomic mass is 9.88. The fraction of sp³-hybridized carbons (Fsp3) is 0.263. The van der Waals surface area contributed by atoms with Gasteiger partial charge in [-0.05, 0) is 60.6 Å². The Morgan fingerprint density at radius 3 is 2.85 bits per heavy atom. The van der Waals surface area contributed by atoms with E-state index in [0.29, 0.717) is 6.61 Å². The van der Waals surface area contributed by atoms with Crippen LogP contribution in [0.5, 0.6) is 5.75 Å². The van der Waals surface area contributed by atoms with Gasteiger partial charge in [-0.25, -0.2) is 0 Å². The molecule has 3 rings (SSSR count). The Morgan fingerprint density at radius 2 is 2.00 bits per heavy atom. The minimum Gasteiger partial charge on any atom is -0.489 e. The summed E-state index contributed by atoms with van der Waals surface area (Å²) in [6.07, 6.45) is 3.48. The van der Waals surface area contributed by atoms with Crippen molar-refractivity contribution in [2.24, 2.45) is 0 Å². The predicted molar refractivity (Wildman–Crippen MR) is 83.9 cm³/mol. The lowest BCUT2D eigenvalue weighted by Crippen LogP contribution is -2.02. The highest BCUT2D eigenvalue weighted by Gasteiger charge is 2.13. The van der Waals surface area contributed by atoms with Crippen molar-refractivity contribution < 1.29 is 4.74 Å². The van der Waals surface area contributed by atoms with E-state index in [-0.39, 0.29) is 0 Å². The maximum atomic E-state index is 5.92. The third-order valence-electron chi connectivity index (χ3n) is 3.87. The zero-order valence-corrected chi connectivity index (χ0v) is 12.0. The van der Waals surface area contributed by atoms with Gasteiger partial charge in [0.15, 0.2) is 0 Å². The third-order valence-corrected chi connectivity index (χ3v) is 3.87. The minimum absolute atomic E-state index is 0.618. The van der Waals surface area contributed by atoms with Crippen LogP contribution in [0.4, 0.5) is 0 Å². The van der Waals surface area contributed by atoms with Gasteiger partial charge in [0.05, 0.1) is 0 Å². The first-order chi connectivity index (χ1) is 9.72. The molecule has 0 aliphatic heterocycles. The van der Waals surface area contributed by atoms with Crippen molar-refractivity contribution in [3.8, 4) is 5.75 Å². The zero-order valence-electron chi connectivity index (χ0n) is 12.0. The largest absolute Gasteiger partial charge is 0.489 e. The van der Waals surface area contributed by atoms with Crippen molar-refractivity contribution >= 4 is 5.57 Å². The number of ether oxygens (including phenoxy) is 1. The Balaban J connectivity index is 1.75. The minimum atomic E-state index is 0.618. The van der Waals surface area contributed by atoms with Crippen LogP contribution in [-0.4, -0.2) is 0 Å². The van der Waals surface area contributed by atoms with E-state index >= 15 is 0 Å². The molecule has 0 spiro atoms. The van der Waals surface area contributed by atoms with Crippen LogP contribution in [0.15, 0.2) is 49.0 Å². The van der Waals surface area contributed by atoms with Gasteiger partial charge in [0.2, 0.25) is 0 Å². The highest BCUT2D eigenvalue weighted by molar-refractivity contribution is 5.69. The highest BCUT2D eigenvalue weighted by atomic mass is 16.5. The molecule has 0 bridgehead atoms. The molecule has 2 aromatic carbocycles. The molecular weight excluding hydrogens is 244 g/mol. The van der Waals surface area contributed by atoms with Crippen molar-refractivity contribution in [2.75, 3.05) is 0 Å². The van der Waals surface area contributed by atoms with Crippen LogP contribution in [0.25, 0.3) is 5.57 Å². The van der Waals surface area contributed by atoms with Crippen molar-refractivity contribution in [1.82, 2.24) is 0 Å². The SMILES string of the molecule is C=C1CCCc2ccc(OCc3cccc(C)c3)cc21. The van der Waals surface area contributed by atoms with E-state index in [1.807, 2.05) is 0 Å². The average molecular weight is 264 g/mol. The van der Waals surface area contributed by atoms with Gasteiger partial charge < -0.3 is 4.74 Å². The molecule has 0 unspecified atom stereocenters. The number of aryl methyl sites for hydroxylation is 2. The molecule has 0 saturated heterocycles. The standard InChI is InChI=1S/C19H20O/c1-14-5-3-7-16(11-14)13-20-18-10-9-17-8-4-6-15(2)19(17)12-18/h3,5,7,9-12H,2,4,6,8,13H2,1H3. The Labute approximate surface area is 120 Å². The lowest BCUT2D eigenvalue weighted by molar-refractivity contribution is 0.306. The summed E-state index contributed by atoms with van der Waals surface area (Å²) in [7, 11) is 0. The summed E-state index contributed by atoms with van der Waals surface area (Å²) in [5.41, 5.74) is 6.42. The molecule has 1 aliphatic carbocycles. The van der Waals surface area contributed by atoms with Gasteiger partial charge in [-0.2, -0.15) is 0 Å². The van der Waals surface area contributed by atoms with Gasteiger partial charge in [0, 0.05) is 0 Å². The normalized spacial score (nSPS) is 13.9. The molecule has 0 saturated carbocycles. The Hall–Kier alpha value is -2.02. The van der Waals surface area contributed by atoms with E-state index in [1.165, 1.54) is 34.2 Å². The van der Waals surface area contributed by atoms with Crippen LogP contribution in [0, 0.1) is 6.92 Å². The first kappa shape index (κ1) is 13.0. The summed E-state index contributed by atoms with van der Waals surface area (Å²) in [5, 5.41) is 0. The lowest BCUT2D eigenvalue weighted by Gasteiger charge is -2.19. The van der Waals surface area contributed by atoms with Crippen LogP contribution in [0.3, 0.4) is 0 Å². The fourth-order valence-electron chi connectivity index (χ4n) is 2.79. The summed E-state index contributed by atoms with van der Waals surface area (Å²) in [4.78, 5) is 0. The topological polar surface area (TPSA) is 9.23 Å². The van der Waals surface area contributed by atoms with Gasteiger partial charge in [-0.3, -0.25) is 0 Å². The molecule has 1 aliphatic rings. The molecule has 2 aromatic rings. The molecule has 0 radical (unpaired) electrons. The van der Waals surface area contributed by atoms with Crippen molar-refractivity contribution in [3.05, 3.63) is 71.3 Å². The van der Waals surface area contributed by atoms with Crippen LogP contribution >= 0.6 is 0 Å². The highest BCUT2D eigenvalue weighted by Crippen LogP contribution is 2.32. The van der Waals surface area contributed by atoms with E-state index in [4.69, 9.17) is 4.74 Å². The molecule has 1 heteroatoms. The van der Waals surface area contributed by atoms with E-state index in [0.717, 1.165) is 18.6 Å². The summed E-state index contributed by atoms with van der Waals surface area (Å²) in [6, 6.07) is 14.8. The summed E-state index contributed by atoms with van der Waals surface area (Å²) in [6.45, 7) is 6.89. The summed E-state index contributed by atoms with van der Waals surface area (Å²) >= 11 is 0. The van der Waals surface area contributed by atoms with Gasteiger partial charge >= 0.3 is 0 Å². The predicted octanol–water partition coefficient (Wildman–Crippen LogP) is 4.92. The third kappa shape index (κ3) is 2.77. The van der Waals surface area contributed by atoms with Gasteiger partial charge in [0.1, 0.15) is 12.4 Å². The van der Waals surface area contributed by atoms with E-state index < -0.39 is 0 Å². The second kappa shape index (κ2) is 5.54. The molecule has 0 fully saturated rings. The van der Waals surface area contributed by atoms with Crippen LogP contribution in [0.1, 0.15) is 35.1 Å². The molecule has 0 atom stereocenters. The van der Waals surface area contributed by atoms with Gasteiger partial charge in [-0.1, -0.05) is 42.5 Å². The first-order valence-electron chi connectivity index (χ1n) is 7.22. The molecule has 0 N–H and O–H groups in total. The smallest absolute Gasteiger partial charge is 0.120 e. The molecule has 20 heavy (non-hydrogen) atoms. The quantitative estimate of drug-likeness (QED) is 0.764. The molecule has 1 nitrogen and oxygen atoms in total. The molecule has 0 heterocycles. The van der Waals surface area contributed by atoms with E-state index in [2.05, 4.69) is 56.0 Å². The number of hydrogen-bond acceptors (Lipinski definition) is 1. The Morgan fingerprint density at radius 1 is 1.10 bits per heavy atom. The average Bonchev–Trinajstić information content (AvgIpc) is 2.46. The molecule has 102 valence electrons. The number of fused-ring (bicyclic) bond motifs is 1. The summed E-state index contributed by atoms with van der Waals surface area (Å²) < 4.78 is 5.92. The first-order valence-corrected chi connectivity index (χ1v) is 7.22. The Bertz CT molecular complexity index is 640. The maximum Gasteiger partial charge on any atom is 0.120 e. The van der Waals surface area contributed by atoms with Gasteiger partial charge in [0.25, 0.3) is 0 Å².